The van der Waals surface area contributed by atoms with Gasteiger partial charge in [0.1, 0.15) is 17.7 Å². The summed E-state index contributed by atoms with van der Waals surface area (Å²) >= 11 is 0. The number of anilines is 1. The van der Waals surface area contributed by atoms with E-state index < -0.39 is 30.3 Å². The summed E-state index contributed by atoms with van der Waals surface area (Å²) in [4.78, 5) is 43.2. The fraction of sp³-hybridized carbons (Fsp3) is 0.316. The van der Waals surface area contributed by atoms with Crippen molar-refractivity contribution in [1.29, 1.82) is 0 Å². The summed E-state index contributed by atoms with van der Waals surface area (Å²) in [7, 11) is 4.49. The number of allylic oxidation sites excluding steroid dienone is 1. The van der Waals surface area contributed by atoms with E-state index >= 15 is 0 Å². The zero-order valence-corrected chi connectivity index (χ0v) is 16.1. The second kappa shape index (κ2) is 7.63. The molecule has 0 aromatic heterocycles. The number of amides is 4. The first kappa shape index (κ1) is 19.3. The Morgan fingerprint density at radius 2 is 2.04 bits per heavy atom. The van der Waals surface area contributed by atoms with Gasteiger partial charge in [-0.1, -0.05) is 6.07 Å². The molecule has 9 nitrogen and oxygen atoms in total. The predicted molar refractivity (Wildman–Crippen MR) is 102 cm³/mol. The number of imide groups is 1. The van der Waals surface area contributed by atoms with Crippen molar-refractivity contribution in [2.24, 2.45) is 10.9 Å². The Balaban J connectivity index is 1.83. The summed E-state index contributed by atoms with van der Waals surface area (Å²) < 4.78 is 11.7. The van der Waals surface area contributed by atoms with Crippen LogP contribution in [0, 0.1) is 5.92 Å². The van der Waals surface area contributed by atoms with Gasteiger partial charge in [0.15, 0.2) is 12.5 Å². The lowest BCUT2D eigenvalue weighted by atomic mass is 9.96. The van der Waals surface area contributed by atoms with Crippen molar-refractivity contribution in [2.75, 3.05) is 33.1 Å². The molecule has 3 rings (SSSR count). The number of rotatable bonds is 5. The highest BCUT2D eigenvalue weighted by Gasteiger charge is 2.50. The van der Waals surface area contributed by atoms with Crippen molar-refractivity contribution in [1.82, 2.24) is 4.90 Å². The van der Waals surface area contributed by atoms with Crippen LogP contribution in [0.4, 0.5) is 10.5 Å². The topological polar surface area (TPSA) is 100 Å². The standard InChI is InChI=1S/C19H20N4O5/c1-11-9-20-17-15(16(11)28-4)18(25)23(19(26)22(17)2)10-14(24)21-12-6-5-7-13(8-12)27-3/h5-9,15H,10H2,1-4H3/p+1. The number of ether oxygens (including phenoxy) is 2. The Kier molecular flexibility index (Phi) is 5.25. The molecule has 1 atom stereocenters. The van der Waals surface area contributed by atoms with Crippen LogP contribution >= 0.6 is 0 Å². The Bertz CT molecular complexity index is 947. The minimum atomic E-state index is -0.859. The Hall–Kier alpha value is -3.49. The summed E-state index contributed by atoms with van der Waals surface area (Å²) in [6.45, 7) is 1.34. The van der Waals surface area contributed by atoms with E-state index in [1.807, 2.05) is 0 Å². The van der Waals surface area contributed by atoms with Gasteiger partial charge < -0.3 is 14.8 Å². The SMILES string of the molecule is COC1=C(C)C=NC2=[N+](C)C(=O)N(CC(=O)Nc3cccc(OC)c3)C(=O)C12. The van der Waals surface area contributed by atoms with Crippen LogP contribution in [-0.2, 0) is 14.3 Å². The molecule has 1 aromatic rings. The molecule has 0 aliphatic carbocycles. The van der Waals surface area contributed by atoms with Crippen LogP contribution in [0.3, 0.4) is 0 Å². The molecule has 2 aliphatic heterocycles. The predicted octanol–water partition coefficient (Wildman–Crippen LogP) is 1.26. The van der Waals surface area contributed by atoms with Crippen LogP contribution in [-0.4, -0.2) is 67.2 Å². The molecule has 1 unspecified atom stereocenters. The summed E-state index contributed by atoms with van der Waals surface area (Å²) in [5.74, 6) is -0.651. The number of carbonyl (C=O) groups is 3. The average molecular weight is 385 g/mol. The summed E-state index contributed by atoms with van der Waals surface area (Å²) in [6.07, 6.45) is 1.55. The molecule has 1 N–H and O–H groups in total. The van der Waals surface area contributed by atoms with Gasteiger partial charge in [-0.25, -0.2) is 4.79 Å². The molecular formula is C19H21N4O5+. The van der Waals surface area contributed by atoms with Gasteiger partial charge in [0, 0.05) is 17.3 Å². The lowest BCUT2D eigenvalue weighted by Crippen LogP contribution is -2.56. The van der Waals surface area contributed by atoms with E-state index in [2.05, 4.69) is 10.3 Å². The number of hydrogen-bond acceptors (Lipinski definition) is 6. The van der Waals surface area contributed by atoms with E-state index in [9.17, 15) is 14.4 Å². The van der Waals surface area contributed by atoms with Gasteiger partial charge in [0.2, 0.25) is 0 Å². The first-order valence-electron chi connectivity index (χ1n) is 8.56. The lowest BCUT2D eigenvalue weighted by molar-refractivity contribution is -0.408. The van der Waals surface area contributed by atoms with Gasteiger partial charge in [0.05, 0.1) is 21.3 Å². The number of amidine groups is 1. The summed E-state index contributed by atoms with van der Waals surface area (Å²) in [5, 5.41) is 2.66. The summed E-state index contributed by atoms with van der Waals surface area (Å²) in [6, 6.07) is 6.16. The van der Waals surface area contributed by atoms with Crippen LogP contribution in [0.5, 0.6) is 5.75 Å². The van der Waals surface area contributed by atoms with Crippen molar-refractivity contribution in [3.63, 3.8) is 0 Å². The van der Waals surface area contributed by atoms with E-state index in [1.54, 1.807) is 37.4 Å². The number of nitrogens with one attached hydrogen (secondary N) is 1. The van der Waals surface area contributed by atoms with Gasteiger partial charge in [0.25, 0.3) is 11.7 Å². The number of fused-ring (bicyclic) bond motifs is 1. The minimum absolute atomic E-state index is 0.280. The fourth-order valence-corrected chi connectivity index (χ4v) is 3.15. The Morgan fingerprint density at radius 1 is 1.29 bits per heavy atom. The van der Waals surface area contributed by atoms with Crippen molar-refractivity contribution in [3.05, 3.63) is 35.6 Å². The van der Waals surface area contributed by atoms with Crippen LogP contribution in [0.1, 0.15) is 6.92 Å². The van der Waals surface area contributed by atoms with E-state index in [0.29, 0.717) is 22.8 Å². The molecule has 28 heavy (non-hydrogen) atoms. The van der Waals surface area contributed by atoms with Gasteiger partial charge in [-0.15, -0.1) is 4.99 Å². The zero-order valence-electron chi connectivity index (χ0n) is 16.1. The first-order valence-corrected chi connectivity index (χ1v) is 8.56. The van der Waals surface area contributed by atoms with Crippen LogP contribution in [0.25, 0.3) is 0 Å². The second-order valence-electron chi connectivity index (χ2n) is 6.35. The number of urea groups is 1. The van der Waals surface area contributed by atoms with Gasteiger partial charge >= 0.3 is 11.9 Å². The average Bonchev–Trinajstić information content (AvgIpc) is 2.69. The molecule has 146 valence electrons. The summed E-state index contributed by atoms with van der Waals surface area (Å²) in [5.41, 5.74) is 1.19. The lowest BCUT2D eigenvalue weighted by Gasteiger charge is -2.28. The molecular weight excluding hydrogens is 364 g/mol. The molecule has 0 saturated carbocycles. The van der Waals surface area contributed by atoms with Gasteiger partial charge in [-0.2, -0.15) is 9.48 Å². The van der Waals surface area contributed by atoms with Gasteiger partial charge in [-0.3, -0.25) is 9.59 Å². The van der Waals surface area contributed by atoms with Crippen LogP contribution in [0.2, 0.25) is 0 Å². The molecule has 0 fully saturated rings. The van der Waals surface area contributed by atoms with Crippen LogP contribution < -0.4 is 10.1 Å². The molecule has 0 spiro atoms. The molecule has 1 aromatic carbocycles. The zero-order chi connectivity index (χ0) is 20.4. The van der Waals surface area contributed by atoms with E-state index in [4.69, 9.17) is 9.47 Å². The maximum absolute atomic E-state index is 13.0. The molecule has 9 heteroatoms. The minimum Gasteiger partial charge on any atom is -0.499 e. The Morgan fingerprint density at radius 3 is 2.71 bits per heavy atom. The number of dihydropyridines is 1. The van der Waals surface area contributed by atoms with Crippen molar-refractivity contribution in [3.8, 4) is 5.75 Å². The molecule has 4 amide bonds. The third-order valence-electron chi connectivity index (χ3n) is 4.55. The Labute approximate surface area is 161 Å². The number of aliphatic imine (C=N–C) groups is 1. The van der Waals surface area contributed by atoms with E-state index in [0.717, 1.165) is 4.90 Å². The fourth-order valence-electron chi connectivity index (χ4n) is 3.15. The van der Waals surface area contributed by atoms with Gasteiger partial charge in [-0.05, 0) is 19.1 Å². The highest BCUT2D eigenvalue weighted by molar-refractivity contribution is 6.17. The second-order valence-corrected chi connectivity index (χ2v) is 6.35. The maximum atomic E-state index is 13.0. The van der Waals surface area contributed by atoms with E-state index in [1.165, 1.54) is 25.8 Å². The number of nitrogens with zero attached hydrogens (tertiary/aromatic N) is 3. The smallest absolute Gasteiger partial charge is 0.446 e. The molecule has 0 saturated heterocycles. The maximum Gasteiger partial charge on any atom is 0.446 e. The third kappa shape index (κ3) is 3.38. The highest BCUT2D eigenvalue weighted by Crippen LogP contribution is 2.27. The van der Waals surface area contributed by atoms with Crippen LogP contribution in [0.15, 0.2) is 40.6 Å². The normalized spacial score (nSPS) is 19.0. The van der Waals surface area contributed by atoms with Crippen molar-refractivity contribution in [2.45, 2.75) is 6.92 Å². The monoisotopic (exact) mass is 385 g/mol. The largest absolute Gasteiger partial charge is 0.499 e. The molecule has 2 heterocycles. The molecule has 2 aliphatic rings. The number of hydrogen-bond donors (Lipinski definition) is 1. The number of methoxy groups -OCH3 is 2. The first-order chi connectivity index (χ1) is 13.4. The number of carbonyl (C=O) groups excluding carboxylic acids is 3. The number of benzene rings is 1. The van der Waals surface area contributed by atoms with Crippen molar-refractivity contribution < 1.29 is 28.4 Å². The quantitative estimate of drug-likeness (QED) is 0.769. The van der Waals surface area contributed by atoms with Crippen molar-refractivity contribution >= 4 is 35.6 Å². The molecule has 0 bridgehead atoms. The van der Waals surface area contributed by atoms with E-state index in [-0.39, 0.29) is 5.84 Å². The third-order valence-corrected chi connectivity index (χ3v) is 4.55. The molecule has 0 radical (unpaired) electrons. The highest BCUT2D eigenvalue weighted by atomic mass is 16.5.